The molecule has 0 radical (unpaired) electrons. The first-order valence-corrected chi connectivity index (χ1v) is 9.50. The molecule has 1 unspecified atom stereocenters. The minimum atomic E-state index is -0.114. The summed E-state index contributed by atoms with van der Waals surface area (Å²) in [5, 5.41) is 0. The Balaban J connectivity index is 1.65. The molecule has 1 fully saturated rings. The van der Waals surface area contributed by atoms with Gasteiger partial charge in [0.2, 0.25) is 0 Å². The molecule has 1 amide bonds. The first-order chi connectivity index (χ1) is 13.2. The lowest BCUT2D eigenvalue weighted by atomic mass is 10.1. The van der Waals surface area contributed by atoms with Gasteiger partial charge in [-0.15, -0.1) is 0 Å². The largest absolute Gasteiger partial charge is 0.491 e. The molecule has 1 saturated heterocycles. The summed E-state index contributed by atoms with van der Waals surface area (Å²) in [6.45, 7) is 1.28. The highest BCUT2D eigenvalue weighted by atomic mass is 79.9. The SMILES string of the molecule is O=C(c1ccc(OCC2CO2)cc1Br)N(c1ccccc1)c1ccccc1. The summed E-state index contributed by atoms with van der Waals surface area (Å²) >= 11 is 3.53. The molecule has 3 aromatic rings. The third-order valence-corrected chi connectivity index (χ3v) is 4.90. The second-order valence-electron chi connectivity index (χ2n) is 6.22. The quantitative estimate of drug-likeness (QED) is 0.511. The molecule has 0 N–H and O–H groups in total. The number of hydrogen-bond acceptors (Lipinski definition) is 3. The first kappa shape index (κ1) is 17.8. The van der Waals surface area contributed by atoms with Crippen LogP contribution in [0.3, 0.4) is 0 Å². The van der Waals surface area contributed by atoms with Crippen molar-refractivity contribution in [2.24, 2.45) is 0 Å². The van der Waals surface area contributed by atoms with Gasteiger partial charge >= 0.3 is 0 Å². The fraction of sp³-hybridized carbons (Fsp3) is 0.136. The van der Waals surface area contributed by atoms with Gasteiger partial charge in [-0.25, -0.2) is 0 Å². The lowest BCUT2D eigenvalue weighted by molar-refractivity contribution is 0.0998. The van der Waals surface area contributed by atoms with Gasteiger partial charge in [-0.1, -0.05) is 36.4 Å². The van der Waals surface area contributed by atoms with Gasteiger partial charge in [0.25, 0.3) is 5.91 Å². The van der Waals surface area contributed by atoms with Crippen molar-refractivity contribution in [1.82, 2.24) is 0 Å². The lowest BCUT2D eigenvalue weighted by Gasteiger charge is -2.23. The minimum absolute atomic E-state index is 0.114. The number of carbonyl (C=O) groups excluding carboxylic acids is 1. The Labute approximate surface area is 166 Å². The number of rotatable bonds is 6. The fourth-order valence-corrected chi connectivity index (χ4v) is 3.30. The predicted molar refractivity (Wildman–Crippen MR) is 109 cm³/mol. The average Bonchev–Trinajstić information content (AvgIpc) is 3.53. The molecule has 5 heteroatoms. The molecule has 1 aliphatic heterocycles. The Morgan fingerprint density at radius 1 is 1.00 bits per heavy atom. The molecule has 4 nitrogen and oxygen atoms in total. The van der Waals surface area contributed by atoms with Crippen LogP contribution in [0.1, 0.15) is 10.4 Å². The van der Waals surface area contributed by atoms with E-state index < -0.39 is 0 Å². The van der Waals surface area contributed by atoms with Crippen LogP contribution in [0.2, 0.25) is 0 Å². The van der Waals surface area contributed by atoms with Crippen LogP contribution in [0, 0.1) is 0 Å². The van der Waals surface area contributed by atoms with Crippen LogP contribution in [-0.4, -0.2) is 25.2 Å². The third kappa shape index (κ3) is 4.21. The predicted octanol–water partition coefficient (Wildman–Crippen LogP) is 5.21. The topological polar surface area (TPSA) is 42.1 Å². The number of halogens is 1. The molecular formula is C22H18BrNO3. The van der Waals surface area contributed by atoms with Crippen LogP contribution >= 0.6 is 15.9 Å². The normalized spacial score (nSPS) is 15.2. The number of nitrogens with zero attached hydrogens (tertiary/aromatic N) is 1. The Morgan fingerprint density at radius 3 is 2.11 bits per heavy atom. The lowest BCUT2D eigenvalue weighted by Crippen LogP contribution is -2.26. The van der Waals surface area contributed by atoms with Crippen molar-refractivity contribution in [2.45, 2.75) is 6.10 Å². The summed E-state index contributed by atoms with van der Waals surface area (Å²) in [7, 11) is 0. The number of hydrogen-bond donors (Lipinski definition) is 0. The minimum Gasteiger partial charge on any atom is -0.491 e. The number of benzene rings is 3. The number of epoxide rings is 1. The van der Waals surface area contributed by atoms with Gasteiger partial charge in [-0.05, 0) is 58.4 Å². The summed E-state index contributed by atoms with van der Waals surface area (Å²) in [4.78, 5) is 15.1. The maximum absolute atomic E-state index is 13.4. The van der Waals surface area contributed by atoms with E-state index >= 15 is 0 Å². The highest BCUT2D eigenvalue weighted by Gasteiger charge is 2.24. The van der Waals surface area contributed by atoms with E-state index in [1.54, 1.807) is 11.0 Å². The van der Waals surface area contributed by atoms with E-state index in [1.807, 2.05) is 72.8 Å². The molecule has 27 heavy (non-hydrogen) atoms. The van der Waals surface area contributed by atoms with Crippen LogP contribution < -0.4 is 9.64 Å². The molecule has 0 aromatic heterocycles. The fourth-order valence-electron chi connectivity index (χ4n) is 2.77. The van der Waals surface area contributed by atoms with E-state index in [9.17, 15) is 4.79 Å². The van der Waals surface area contributed by atoms with Crippen molar-refractivity contribution in [3.8, 4) is 5.75 Å². The molecule has 3 aromatic carbocycles. The zero-order valence-corrected chi connectivity index (χ0v) is 16.1. The van der Waals surface area contributed by atoms with E-state index in [0.29, 0.717) is 22.4 Å². The molecule has 1 atom stereocenters. The number of para-hydroxylation sites is 2. The van der Waals surface area contributed by atoms with Crippen molar-refractivity contribution >= 4 is 33.2 Å². The first-order valence-electron chi connectivity index (χ1n) is 8.71. The maximum atomic E-state index is 13.4. The number of anilines is 2. The van der Waals surface area contributed by atoms with Gasteiger partial charge in [-0.2, -0.15) is 0 Å². The Hall–Kier alpha value is -2.63. The Kier molecular flexibility index (Phi) is 5.23. The van der Waals surface area contributed by atoms with Crippen molar-refractivity contribution in [3.63, 3.8) is 0 Å². The number of carbonyl (C=O) groups is 1. The van der Waals surface area contributed by atoms with E-state index in [2.05, 4.69) is 15.9 Å². The van der Waals surface area contributed by atoms with Gasteiger partial charge in [0.15, 0.2) is 0 Å². The van der Waals surface area contributed by atoms with Gasteiger partial charge < -0.3 is 9.47 Å². The molecule has 4 rings (SSSR count). The summed E-state index contributed by atoms with van der Waals surface area (Å²) < 4.78 is 11.5. The molecular weight excluding hydrogens is 406 g/mol. The molecule has 136 valence electrons. The highest BCUT2D eigenvalue weighted by molar-refractivity contribution is 9.10. The van der Waals surface area contributed by atoms with Gasteiger partial charge in [0.1, 0.15) is 18.5 Å². The average molecular weight is 424 g/mol. The van der Waals surface area contributed by atoms with Crippen molar-refractivity contribution in [1.29, 1.82) is 0 Å². The number of amides is 1. The van der Waals surface area contributed by atoms with E-state index in [0.717, 1.165) is 18.0 Å². The number of ether oxygens (including phenoxy) is 2. The van der Waals surface area contributed by atoms with E-state index in [1.165, 1.54) is 0 Å². The second kappa shape index (κ2) is 7.94. The monoisotopic (exact) mass is 423 g/mol. The summed E-state index contributed by atoms with van der Waals surface area (Å²) in [6.07, 6.45) is 0.191. The van der Waals surface area contributed by atoms with E-state index in [-0.39, 0.29) is 12.0 Å². The van der Waals surface area contributed by atoms with Crippen LogP contribution in [-0.2, 0) is 4.74 Å². The van der Waals surface area contributed by atoms with Crippen molar-refractivity contribution in [2.75, 3.05) is 18.1 Å². The Bertz CT molecular complexity index is 887. The van der Waals surface area contributed by atoms with Gasteiger partial charge in [-0.3, -0.25) is 9.69 Å². The van der Waals surface area contributed by atoms with Crippen molar-refractivity contribution < 1.29 is 14.3 Å². The second-order valence-corrected chi connectivity index (χ2v) is 7.07. The standard InChI is InChI=1S/C22H18BrNO3/c23-21-13-18(26-14-19-15-27-19)11-12-20(21)22(25)24(16-7-3-1-4-8-16)17-9-5-2-6-10-17/h1-13,19H,14-15H2. The van der Waals surface area contributed by atoms with Crippen LogP contribution in [0.15, 0.2) is 83.3 Å². The molecule has 0 spiro atoms. The smallest absolute Gasteiger partial charge is 0.263 e. The summed E-state index contributed by atoms with van der Waals surface area (Å²) in [5.41, 5.74) is 2.19. The summed E-state index contributed by atoms with van der Waals surface area (Å²) in [6, 6.07) is 24.7. The summed E-state index contributed by atoms with van der Waals surface area (Å²) in [5.74, 6) is 0.594. The van der Waals surface area contributed by atoms with Crippen LogP contribution in [0.4, 0.5) is 11.4 Å². The van der Waals surface area contributed by atoms with Crippen molar-refractivity contribution in [3.05, 3.63) is 88.9 Å². The molecule has 0 aliphatic carbocycles. The molecule has 1 aliphatic rings. The molecule has 0 saturated carbocycles. The van der Waals surface area contributed by atoms with Crippen LogP contribution in [0.5, 0.6) is 5.75 Å². The zero-order chi connectivity index (χ0) is 18.6. The van der Waals surface area contributed by atoms with Gasteiger partial charge in [0, 0.05) is 15.8 Å². The molecule has 1 heterocycles. The van der Waals surface area contributed by atoms with Crippen LogP contribution in [0.25, 0.3) is 0 Å². The molecule has 0 bridgehead atoms. The maximum Gasteiger partial charge on any atom is 0.263 e. The highest BCUT2D eigenvalue weighted by Crippen LogP contribution is 2.31. The third-order valence-electron chi connectivity index (χ3n) is 4.24. The van der Waals surface area contributed by atoms with Gasteiger partial charge in [0.05, 0.1) is 12.2 Å². The zero-order valence-electron chi connectivity index (χ0n) is 14.5. The Morgan fingerprint density at radius 2 is 1.59 bits per heavy atom. The van der Waals surface area contributed by atoms with E-state index in [4.69, 9.17) is 9.47 Å².